The normalized spacial score (nSPS) is 15.1. The van der Waals surface area contributed by atoms with Crippen molar-refractivity contribution >= 4 is 41.1 Å². The van der Waals surface area contributed by atoms with Gasteiger partial charge in [-0.2, -0.15) is 0 Å². The Bertz CT molecular complexity index is 741. The van der Waals surface area contributed by atoms with E-state index in [1.165, 1.54) is 6.07 Å². The second-order valence-electron chi connectivity index (χ2n) is 7.61. The van der Waals surface area contributed by atoms with E-state index in [1.807, 2.05) is 0 Å². The number of rotatable bonds is 4. The smallest absolute Gasteiger partial charge is 0.408 e. The van der Waals surface area contributed by atoms with Crippen molar-refractivity contribution in [3.8, 4) is 0 Å². The minimum atomic E-state index is -0.624. The van der Waals surface area contributed by atoms with Gasteiger partial charge in [0.25, 0.3) is 5.91 Å². The Morgan fingerprint density at radius 2 is 1.82 bits per heavy atom. The van der Waals surface area contributed by atoms with Crippen molar-refractivity contribution in [2.24, 2.45) is 0 Å². The van der Waals surface area contributed by atoms with Gasteiger partial charge in [0, 0.05) is 24.2 Å². The van der Waals surface area contributed by atoms with Gasteiger partial charge in [0.15, 0.2) is 0 Å². The Morgan fingerprint density at radius 1 is 1.18 bits per heavy atom. The standard InChI is InChI=1S/C19H25Cl2N3O4/c1-19(2,3)28-18(27)22-11-16(25)24-8-6-13(7-9-24)23-17(26)14-10-12(20)4-5-15(14)21/h4-5,10,13H,6-9,11H2,1-3H3,(H,22,27)(H,23,26). The molecule has 3 amide bonds. The molecule has 9 heteroatoms. The molecule has 1 aliphatic heterocycles. The van der Waals surface area contributed by atoms with E-state index in [2.05, 4.69) is 10.6 Å². The van der Waals surface area contributed by atoms with Crippen LogP contribution < -0.4 is 10.6 Å². The van der Waals surface area contributed by atoms with E-state index in [9.17, 15) is 14.4 Å². The summed E-state index contributed by atoms with van der Waals surface area (Å²) in [4.78, 5) is 37.9. The Balaban J connectivity index is 1.77. The fourth-order valence-corrected chi connectivity index (χ4v) is 3.16. The van der Waals surface area contributed by atoms with Gasteiger partial charge in [-0.1, -0.05) is 23.2 Å². The number of halogens is 2. The molecular weight excluding hydrogens is 405 g/mol. The lowest BCUT2D eigenvalue weighted by molar-refractivity contribution is -0.131. The van der Waals surface area contributed by atoms with E-state index < -0.39 is 11.7 Å². The number of amides is 3. The summed E-state index contributed by atoms with van der Waals surface area (Å²) >= 11 is 12.0. The zero-order valence-corrected chi connectivity index (χ0v) is 17.7. The summed E-state index contributed by atoms with van der Waals surface area (Å²) in [5, 5.41) is 6.17. The minimum absolute atomic E-state index is 0.0644. The van der Waals surface area contributed by atoms with E-state index in [0.717, 1.165) is 0 Å². The maximum atomic E-state index is 12.4. The molecule has 0 spiro atoms. The molecule has 0 bridgehead atoms. The number of alkyl carbamates (subject to hydrolysis) is 1. The molecule has 1 fully saturated rings. The molecular formula is C19H25Cl2N3O4. The van der Waals surface area contributed by atoms with Gasteiger partial charge >= 0.3 is 6.09 Å². The van der Waals surface area contributed by atoms with Crippen molar-refractivity contribution < 1.29 is 19.1 Å². The predicted octanol–water partition coefficient (Wildman–Crippen LogP) is 3.24. The first-order valence-electron chi connectivity index (χ1n) is 9.05. The molecule has 1 saturated heterocycles. The van der Waals surface area contributed by atoms with Crippen LogP contribution in [0.4, 0.5) is 4.79 Å². The van der Waals surface area contributed by atoms with Crippen LogP contribution in [0.15, 0.2) is 18.2 Å². The Morgan fingerprint density at radius 3 is 2.43 bits per heavy atom. The molecule has 0 aromatic heterocycles. The maximum absolute atomic E-state index is 12.4. The highest BCUT2D eigenvalue weighted by Crippen LogP contribution is 2.21. The van der Waals surface area contributed by atoms with Gasteiger partial charge in [0.2, 0.25) is 5.91 Å². The molecule has 2 N–H and O–H groups in total. The first-order chi connectivity index (χ1) is 13.0. The summed E-state index contributed by atoms with van der Waals surface area (Å²) in [6.07, 6.45) is 0.603. The highest BCUT2D eigenvalue weighted by molar-refractivity contribution is 6.35. The summed E-state index contributed by atoms with van der Waals surface area (Å²) in [6, 6.07) is 4.67. The van der Waals surface area contributed by atoms with Crippen LogP contribution in [-0.2, 0) is 9.53 Å². The molecule has 1 aromatic rings. The van der Waals surface area contributed by atoms with Crippen LogP contribution in [0, 0.1) is 0 Å². The molecule has 2 rings (SSSR count). The van der Waals surface area contributed by atoms with Crippen molar-refractivity contribution in [3.63, 3.8) is 0 Å². The second-order valence-corrected chi connectivity index (χ2v) is 8.45. The average molecular weight is 430 g/mol. The molecule has 0 atom stereocenters. The van der Waals surface area contributed by atoms with Crippen LogP contribution in [-0.4, -0.2) is 54.1 Å². The number of nitrogens with zero attached hydrogens (tertiary/aromatic N) is 1. The number of likely N-dealkylation sites (tertiary alicyclic amines) is 1. The van der Waals surface area contributed by atoms with Crippen LogP contribution in [0.5, 0.6) is 0 Å². The number of ether oxygens (including phenoxy) is 1. The molecule has 154 valence electrons. The quantitative estimate of drug-likeness (QED) is 0.768. The summed E-state index contributed by atoms with van der Waals surface area (Å²) < 4.78 is 5.11. The van der Waals surface area contributed by atoms with Crippen LogP contribution >= 0.6 is 23.2 Å². The molecule has 1 aromatic carbocycles. The van der Waals surface area contributed by atoms with Crippen LogP contribution in [0.2, 0.25) is 10.0 Å². The van der Waals surface area contributed by atoms with Gasteiger partial charge < -0.3 is 20.3 Å². The van der Waals surface area contributed by atoms with Gasteiger partial charge in [0.05, 0.1) is 10.6 Å². The van der Waals surface area contributed by atoms with Gasteiger partial charge in [-0.3, -0.25) is 9.59 Å². The highest BCUT2D eigenvalue weighted by Gasteiger charge is 2.25. The highest BCUT2D eigenvalue weighted by atomic mass is 35.5. The SMILES string of the molecule is CC(C)(C)OC(=O)NCC(=O)N1CCC(NC(=O)c2cc(Cl)ccc2Cl)CC1. The van der Waals surface area contributed by atoms with Crippen LogP contribution in [0.1, 0.15) is 44.0 Å². The Labute approximate surface area is 174 Å². The third kappa shape index (κ3) is 6.87. The molecule has 0 saturated carbocycles. The van der Waals surface area contributed by atoms with Gasteiger partial charge in [-0.25, -0.2) is 4.79 Å². The number of nitrogens with one attached hydrogen (secondary N) is 2. The van der Waals surface area contributed by atoms with E-state index >= 15 is 0 Å². The summed E-state index contributed by atoms with van der Waals surface area (Å²) in [6.45, 7) is 6.12. The monoisotopic (exact) mass is 429 g/mol. The van der Waals surface area contributed by atoms with Crippen molar-refractivity contribution in [1.29, 1.82) is 0 Å². The molecule has 1 heterocycles. The van der Waals surface area contributed by atoms with Gasteiger partial charge in [-0.15, -0.1) is 0 Å². The lowest BCUT2D eigenvalue weighted by atomic mass is 10.0. The third-order valence-electron chi connectivity index (χ3n) is 4.14. The lowest BCUT2D eigenvalue weighted by Gasteiger charge is -2.32. The van der Waals surface area contributed by atoms with Crippen molar-refractivity contribution in [1.82, 2.24) is 15.5 Å². The minimum Gasteiger partial charge on any atom is -0.444 e. The van der Waals surface area contributed by atoms with Crippen molar-refractivity contribution in [2.75, 3.05) is 19.6 Å². The van der Waals surface area contributed by atoms with E-state index in [1.54, 1.807) is 37.8 Å². The first-order valence-corrected chi connectivity index (χ1v) is 9.81. The number of carbonyl (C=O) groups is 3. The first kappa shape index (κ1) is 22.3. The largest absolute Gasteiger partial charge is 0.444 e. The fraction of sp³-hybridized carbons (Fsp3) is 0.526. The van der Waals surface area contributed by atoms with Gasteiger partial charge in [-0.05, 0) is 51.8 Å². The van der Waals surface area contributed by atoms with Crippen LogP contribution in [0.3, 0.4) is 0 Å². The zero-order valence-electron chi connectivity index (χ0n) is 16.2. The topological polar surface area (TPSA) is 87.7 Å². The van der Waals surface area contributed by atoms with E-state index in [4.69, 9.17) is 27.9 Å². The number of hydrogen-bond acceptors (Lipinski definition) is 4. The number of carbonyl (C=O) groups excluding carboxylic acids is 3. The lowest BCUT2D eigenvalue weighted by Crippen LogP contribution is -2.49. The number of piperidine rings is 1. The van der Waals surface area contributed by atoms with E-state index in [0.29, 0.717) is 41.5 Å². The third-order valence-corrected chi connectivity index (χ3v) is 4.70. The van der Waals surface area contributed by atoms with Crippen molar-refractivity contribution in [2.45, 2.75) is 45.3 Å². The molecule has 1 aliphatic rings. The maximum Gasteiger partial charge on any atom is 0.408 e. The van der Waals surface area contributed by atoms with Crippen molar-refractivity contribution in [3.05, 3.63) is 33.8 Å². The van der Waals surface area contributed by atoms with Crippen LogP contribution in [0.25, 0.3) is 0 Å². The zero-order chi connectivity index (χ0) is 20.9. The molecule has 0 aliphatic carbocycles. The summed E-state index contributed by atoms with van der Waals surface area (Å²) in [7, 11) is 0. The molecule has 0 radical (unpaired) electrons. The summed E-state index contributed by atoms with van der Waals surface area (Å²) in [5.74, 6) is -0.475. The number of benzene rings is 1. The Hall–Kier alpha value is -1.99. The molecule has 28 heavy (non-hydrogen) atoms. The van der Waals surface area contributed by atoms with E-state index in [-0.39, 0.29) is 24.4 Å². The number of hydrogen-bond donors (Lipinski definition) is 2. The predicted molar refractivity (Wildman–Crippen MR) is 108 cm³/mol. The average Bonchev–Trinajstić information content (AvgIpc) is 2.61. The molecule has 0 unspecified atom stereocenters. The second kappa shape index (κ2) is 9.47. The fourth-order valence-electron chi connectivity index (χ4n) is 2.78. The Kier molecular flexibility index (Phi) is 7.55. The van der Waals surface area contributed by atoms with Gasteiger partial charge in [0.1, 0.15) is 12.1 Å². The summed E-state index contributed by atoms with van der Waals surface area (Å²) in [5.41, 5.74) is -0.288. The molecule has 7 nitrogen and oxygen atoms in total.